The molecular weight excluding hydrogens is 284 g/mol. The largest absolute Gasteiger partial charge is 0.468 e. The number of urea groups is 1. The Labute approximate surface area is 129 Å². The highest BCUT2D eigenvalue weighted by atomic mass is 16.5. The van der Waals surface area contributed by atoms with Crippen LogP contribution < -0.4 is 5.32 Å². The van der Waals surface area contributed by atoms with Gasteiger partial charge in [0.15, 0.2) is 0 Å². The van der Waals surface area contributed by atoms with E-state index in [9.17, 15) is 14.4 Å². The van der Waals surface area contributed by atoms with Gasteiger partial charge in [0.1, 0.15) is 12.1 Å². The lowest BCUT2D eigenvalue weighted by Gasteiger charge is -2.22. The van der Waals surface area contributed by atoms with Crippen LogP contribution in [0.4, 0.5) is 4.79 Å². The Kier molecular flexibility index (Phi) is 4.21. The highest BCUT2D eigenvalue weighted by molar-refractivity contribution is 6.08. The topological polar surface area (TPSA) is 75.7 Å². The second-order valence-electron chi connectivity index (χ2n) is 5.80. The molecule has 1 atom stereocenters. The van der Waals surface area contributed by atoms with Gasteiger partial charge in [0, 0.05) is 0 Å². The zero-order chi connectivity index (χ0) is 16.5. The number of rotatable bonds is 4. The van der Waals surface area contributed by atoms with Crippen LogP contribution in [0.3, 0.4) is 0 Å². The van der Waals surface area contributed by atoms with Gasteiger partial charge in [-0.05, 0) is 24.0 Å². The number of hydrogen-bond acceptors (Lipinski definition) is 4. The molecule has 1 aromatic rings. The first-order valence-electron chi connectivity index (χ1n) is 7.11. The molecular formula is C16H20N2O4. The summed E-state index contributed by atoms with van der Waals surface area (Å²) >= 11 is 0. The fourth-order valence-corrected chi connectivity index (χ4v) is 2.43. The average molecular weight is 304 g/mol. The molecule has 1 aliphatic heterocycles. The van der Waals surface area contributed by atoms with Crippen LogP contribution in [0.5, 0.6) is 0 Å². The van der Waals surface area contributed by atoms with Crippen LogP contribution in [-0.2, 0) is 19.9 Å². The molecule has 2 rings (SSSR count). The highest BCUT2D eigenvalue weighted by Crippen LogP contribution is 2.29. The van der Waals surface area contributed by atoms with Crippen molar-refractivity contribution in [1.82, 2.24) is 10.2 Å². The van der Waals surface area contributed by atoms with Gasteiger partial charge < -0.3 is 10.1 Å². The van der Waals surface area contributed by atoms with Crippen LogP contribution in [0.15, 0.2) is 24.3 Å². The first-order valence-corrected chi connectivity index (χ1v) is 7.11. The van der Waals surface area contributed by atoms with Crippen molar-refractivity contribution in [3.8, 4) is 0 Å². The molecule has 1 unspecified atom stereocenters. The number of ether oxygens (including phenoxy) is 1. The van der Waals surface area contributed by atoms with Gasteiger partial charge in [-0.2, -0.15) is 0 Å². The number of esters is 1. The van der Waals surface area contributed by atoms with Crippen molar-refractivity contribution in [3.63, 3.8) is 0 Å². The molecule has 0 saturated carbocycles. The lowest BCUT2D eigenvalue weighted by atomic mass is 9.90. The Morgan fingerprint density at radius 2 is 1.86 bits per heavy atom. The number of amides is 3. The molecule has 0 aliphatic carbocycles. The van der Waals surface area contributed by atoms with E-state index in [1.807, 2.05) is 24.3 Å². The fraction of sp³-hybridized carbons (Fsp3) is 0.438. The molecule has 0 radical (unpaired) electrons. The van der Waals surface area contributed by atoms with E-state index >= 15 is 0 Å². The summed E-state index contributed by atoms with van der Waals surface area (Å²) in [6, 6.07) is 6.94. The second-order valence-corrected chi connectivity index (χ2v) is 5.80. The van der Waals surface area contributed by atoms with Crippen LogP contribution in [0, 0.1) is 0 Å². The summed E-state index contributed by atoms with van der Waals surface area (Å²) in [6.07, 6.45) is 0. The molecule has 1 aromatic carbocycles. The maximum Gasteiger partial charge on any atom is 0.325 e. The van der Waals surface area contributed by atoms with Crippen molar-refractivity contribution in [2.24, 2.45) is 0 Å². The van der Waals surface area contributed by atoms with Gasteiger partial charge >= 0.3 is 12.0 Å². The summed E-state index contributed by atoms with van der Waals surface area (Å²) in [5.74, 6) is -0.713. The molecule has 3 amide bonds. The Morgan fingerprint density at radius 3 is 2.36 bits per heavy atom. The van der Waals surface area contributed by atoms with Crippen molar-refractivity contribution < 1.29 is 19.1 Å². The monoisotopic (exact) mass is 304 g/mol. The van der Waals surface area contributed by atoms with Crippen molar-refractivity contribution >= 4 is 17.9 Å². The smallest absolute Gasteiger partial charge is 0.325 e. The molecule has 0 aromatic heterocycles. The number of nitrogens with one attached hydrogen (secondary N) is 1. The Hall–Kier alpha value is -2.37. The van der Waals surface area contributed by atoms with E-state index in [0.29, 0.717) is 11.5 Å². The van der Waals surface area contributed by atoms with E-state index in [4.69, 9.17) is 0 Å². The first kappa shape index (κ1) is 16.0. The van der Waals surface area contributed by atoms with Crippen molar-refractivity contribution in [1.29, 1.82) is 0 Å². The molecule has 1 aliphatic rings. The molecule has 1 fully saturated rings. The fourth-order valence-electron chi connectivity index (χ4n) is 2.43. The Morgan fingerprint density at radius 1 is 1.27 bits per heavy atom. The zero-order valence-corrected chi connectivity index (χ0v) is 13.2. The average Bonchev–Trinajstić information content (AvgIpc) is 2.71. The summed E-state index contributed by atoms with van der Waals surface area (Å²) in [4.78, 5) is 36.7. The van der Waals surface area contributed by atoms with Gasteiger partial charge in [-0.1, -0.05) is 38.1 Å². The van der Waals surface area contributed by atoms with Gasteiger partial charge in [-0.25, -0.2) is 4.79 Å². The lowest BCUT2D eigenvalue weighted by Crippen LogP contribution is -2.41. The minimum atomic E-state index is -1.17. The summed E-state index contributed by atoms with van der Waals surface area (Å²) in [5.41, 5.74) is 0.666. The van der Waals surface area contributed by atoms with Crippen LogP contribution in [0.2, 0.25) is 0 Å². The molecule has 118 valence electrons. The van der Waals surface area contributed by atoms with E-state index in [2.05, 4.69) is 23.9 Å². The molecule has 1 saturated heterocycles. The van der Waals surface area contributed by atoms with E-state index in [0.717, 1.165) is 10.5 Å². The maximum absolute atomic E-state index is 12.5. The SMILES string of the molecule is COC(=O)CN1C(=O)NC(C)(c2ccc(C(C)C)cc2)C1=O. The summed E-state index contributed by atoms with van der Waals surface area (Å²) in [5, 5.41) is 2.65. The normalized spacial score (nSPS) is 21.2. The van der Waals surface area contributed by atoms with Crippen LogP contribution in [-0.4, -0.2) is 36.5 Å². The minimum absolute atomic E-state index is 0.381. The number of hydrogen-bond donors (Lipinski definition) is 1. The summed E-state index contributed by atoms with van der Waals surface area (Å²) in [6.45, 7) is 5.41. The third kappa shape index (κ3) is 2.68. The minimum Gasteiger partial charge on any atom is -0.468 e. The molecule has 0 bridgehead atoms. The third-order valence-electron chi connectivity index (χ3n) is 3.94. The standard InChI is InChI=1S/C16H20N2O4/c1-10(2)11-5-7-12(8-6-11)16(3)14(20)18(15(21)17-16)9-13(19)22-4/h5-8,10H,9H2,1-4H3,(H,17,21). The van der Waals surface area contributed by atoms with Gasteiger partial charge in [0.25, 0.3) is 5.91 Å². The van der Waals surface area contributed by atoms with E-state index in [1.165, 1.54) is 7.11 Å². The van der Waals surface area contributed by atoms with E-state index in [-0.39, 0.29) is 6.54 Å². The number of nitrogens with zero attached hydrogens (tertiary/aromatic N) is 1. The molecule has 1 N–H and O–H groups in total. The number of carbonyl (C=O) groups excluding carboxylic acids is 3. The number of benzene rings is 1. The number of methoxy groups -OCH3 is 1. The van der Waals surface area contributed by atoms with Gasteiger partial charge in [-0.3, -0.25) is 14.5 Å². The molecule has 6 nitrogen and oxygen atoms in total. The van der Waals surface area contributed by atoms with Gasteiger partial charge in [-0.15, -0.1) is 0 Å². The predicted molar refractivity (Wildman–Crippen MR) is 80.1 cm³/mol. The Balaban J connectivity index is 2.28. The van der Waals surface area contributed by atoms with Crippen molar-refractivity contribution in [3.05, 3.63) is 35.4 Å². The summed E-state index contributed by atoms with van der Waals surface area (Å²) in [7, 11) is 1.21. The van der Waals surface area contributed by atoms with Crippen molar-refractivity contribution in [2.45, 2.75) is 32.2 Å². The van der Waals surface area contributed by atoms with Gasteiger partial charge in [0.05, 0.1) is 7.11 Å². The molecule has 1 heterocycles. The van der Waals surface area contributed by atoms with Gasteiger partial charge in [0.2, 0.25) is 0 Å². The van der Waals surface area contributed by atoms with Crippen molar-refractivity contribution in [2.75, 3.05) is 13.7 Å². The molecule has 6 heteroatoms. The van der Waals surface area contributed by atoms with Crippen LogP contribution in [0.25, 0.3) is 0 Å². The lowest BCUT2D eigenvalue weighted by molar-refractivity contribution is -0.145. The Bertz CT molecular complexity index is 609. The van der Waals surface area contributed by atoms with E-state index < -0.39 is 23.4 Å². The van der Waals surface area contributed by atoms with E-state index in [1.54, 1.807) is 6.92 Å². The first-order chi connectivity index (χ1) is 10.3. The van der Waals surface area contributed by atoms with Crippen LogP contribution >= 0.6 is 0 Å². The maximum atomic E-state index is 12.5. The zero-order valence-electron chi connectivity index (χ0n) is 13.2. The second kappa shape index (κ2) is 5.79. The quantitative estimate of drug-likeness (QED) is 0.679. The number of imide groups is 1. The highest BCUT2D eigenvalue weighted by Gasteiger charge is 2.49. The summed E-state index contributed by atoms with van der Waals surface area (Å²) < 4.78 is 4.51. The molecule has 22 heavy (non-hydrogen) atoms. The predicted octanol–water partition coefficient (Wildman–Crippen LogP) is 1.75. The third-order valence-corrected chi connectivity index (χ3v) is 3.94. The molecule has 0 spiro atoms. The van der Waals surface area contributed by atoms with Crippen LogP contribution in [0.1, 0.15) is 37.8 Å². The number of carbonyl (C=O) groups is 3.